The van der Waals surface area contributed by atoms with E-state index in [1.165, 1.54) is 10.5 Å². The molecule has 0 spiro atoms. The summed E-state index contributed by atoms with van der Waals surface area (Å²) in [7, 11) is 0. The maximum absolute atomic E-state index is 13.3. The normalized spacial score (nSPS) is 16.4. The zero-order chi connectivity index (χ0) is 19.7. The van der Waals surface area contributed by atoms with Crippen molar-refractivity contribution in [2.75, 3.05) is 18.0 Å². The summed E-state index contributed by atoms with van der Waals surface area (Å²) in [5.41, 5.74) is 3.93. The van der Waals surface area contributed by atoms with Gasteiger partial charge in [0, 0.05) is 23.8 Å². The number of rotatable bonds is 6. The molecule has 2 aliphatic heterocycles. The van der Waals surface area contributed by atoms with Gasteiger partial charge in [0.05, 0.1) is 5.57 Å². The Morgan fingerprint density at radius 1 is 0.964 bits per heavy atom. The number of hydrogen-bond acceptors (Lipinski definition) is 3. The Hall–Kier alpha value is -2.59. The Kier molecular flexibility index (Phi) is 5.23. The molecular weight excluding hydrogens is 372 g/mol. The fourth-order valence-corrected chi connectivity index (χ4v) is 4.11. The van der Waals surface area contributed by atoms with E-state index >= 15 is 0 Å². The van der Waals surface area contributed by atoms with Crippen LogP contribution in [0.4, 0.5) is 5.69 Å². The van der Waals surface area contributed by atoms with Crippen molar-refractivity contribution in [2.45, 2.75) is 32.6 Å². The predicted molar refractivity (Wildman–Crippen MR) is 112 cm³/mol. The molecule has 2 aromatic rings. The first kappa shape index (κ1) is 18.8. The molecule has 0 atom stereocenters. The predicted octanol–water partition coefficient (Wildman–Crippen LogP) is 4.67. The highest BCUT2D eigenvalue weighted by Gasteiger charge is 2.42. The van der Waals surface area contributed by atoms with Crippen molar-refractivity contribution in [1.82, 2.24) is 4.90 Å². The largest absolute Gasteiger partial charge is 0.336 e. The van der Waals surface area contributed by atoms with Gasteiger partial charge in [-0.3, -0.25) is 14.5 Å². The molecule has 4 nitrogen and oxygen atoms in total. The van der Waals surface area contributed by atoms with Crippen molar-refractivity contribution in [3.8, 4) is 0 Å². The van der Waals surface area contributed by atoms with E-state index in [4.69, 9.17) is 11.6 Å². The lowest BCUT2D eigenvalue weighted by Gasteiger charge is -2.21. The van der Waals surface area contributed by atoms with Crippen LogP contribution in [-0.2, 0) is 16.0 Å². The van der Waals surface area contributed by atoms with Gasteiger partial charge in [0.15, 0.2) is 0 Å². The first-order valence-corrected chi connectivity index (χ1v) is 10.2. The number of benzene rings is 2. The molecule has 5 heteroatoms. The number of fused-ring (bicyclic) bond motifs is 1. The van der Waals surface area contributed by atoms with Crippen molar-refractivity contribution >= 4 is 34.7 Å². The van der Waals surface area contributed by atoms with Gasteiger partial charge < -0.3 is 4.90 Å². The third-order valence-electron chi connectivity index (χ3n) is 5.42. The SMILES string of the molecule is CCCCCN1C(=O)C(c2ccc(Cl)cc2)=C(N2CCc3ccccc32)C1=O. The first-order valence-electron chi connectivity index (χ1n) is 9.83. The van der Waals surface area contributed by atoms with Crippen molar-refractivity contribution in [2.24, 2.45) is 0 Å². The molecule has 0 N–H and O–H groups in total. The Bertz CT molecular complexity index is 949. The molecule has 0 saturated heterocycles. The minimum atomic E-state index is -0.206. The Labute approximate surface area is 170 Å². The summed E-state index contributed by atoms with van der Waals surface area (Å²) >= 11 is 6.04. The number of halogens is 1. The standard InChI is InChI=1S/C23H23ClN2O2/c1-2-3-6-14-26-22(27)20(17-9-11-18(24)12-10-17)21(23(26)28)25-15-13-16-7-4-5-8-19(16)25/h4-5,7-12H,2-3,6,13-15H2,1H3. The zero-order valence-corrected chi connectivity index (χ0v) is 16.7. The molecule has 0 saturated carbocycles. The van der Waals surface area contributed by atoms with Crippen LogP contribution in [0.1, 0.15) is 37.3 Å². The van der Waals surface area contributed by atoms with Crippen molar-refractivity contribution < 1.29 is 9.59 Å². The Morgan fingerprint density at radius 3 is 2.46 bits per heavy atom. The number of unbranched alkanes of at least 4 members (excludes halogenated alkanes) is 2. The highest BCUT2D eigenvalue weighted by atomic mass is 35.5. The third kappa shape index (κ3) is 3.22. The average Bonchev–Trinajstić information content (AvgIpc) is 3.22. The summed E-state index contributed by atoms with van der Waals surface area (Å²) in [6.45, 7) is 3.27. The second kappa shape index (κ2) is 7.80. The molecule has 4 rings (SSSR count). The van der Waals surface area contributed by atoms with Crippen molar-refractivity contribution in [3.05, 3.63) is 70.4 Å². The van der Waals surface area contributed by atoms with Crippen molar-refractivity contribution in [3.63, 3.8) is 0 Å². The summed E-state index contributed by atoms with van der Waals surface area (Å²) in [4.78, 5) is 30.0. The number of para-hydroxylation sites is 1. The Balaban J connectivity index is 1.79. The van der Waals surface area contributed by atoms with Gasteiger partial charge in [-0.25, -0.2) is 0 Å². The number of carbonyl (C=O) groups excluding carboxylic acids is 2. The molecule has 2 aliphatic rings. The number of nitrogens with zero attached hydrogens (tertiary/aromatic N) is 2. The van der Waals surface area contributed by atoms with Crippen LogP contribution >= 0.6 is 11.6 Å². The molecular formula is C23H23ClN2O2. The Morgan fingerprint density at radius 2 is 1.71 bits per heavy atom. The van der Waals surface area contributed by atoms with E-state index in [1.807, 2.05) is 35.2 Å². The topological polar surface area (TPSA) is 40.6 Å². The smallest absolute Gasteiger partial charge is 0.278 e. The van der Waals surface area contributed by atoms with E-state index in [0.717, 1.165) is 36.9 Å². The molecule has 0 unspecified atom stereocenters. The lowest BCUT2D eigenvalue weighted by molar-refractivity contribution is -0.136. The van der Waals surface area contributed by atoms with E-state index in [9.17, 15) is 9.59 Å². The van der Waals surface area contributed by atoms with E-state index in [2.05, 4.69) is 13.0 Å². The van der Waals surface area contributed by atoms with Gasteiger partial charge in [-0.1, -0.05) is 61.7 Å². The molecule has 2 amide bonds. The summed E-state index contributed by atoms with van der Waals surface area (Å²) in [5, 5.41) is 0.606. The monoisotopic (exact) mass is 394 g/mol. The minimum Gasteiger partial charge on any atom is -0.336 e. The number of imide groups is 1. The van der Waals surface area contributed by atoms with Gasteiger partial charge >= 0.3 is 0 Å². The summed E-state index contributed by atoms with van der Waals surface area (Å²) in [6.07, 6.45) is 3.73. The highest BCUT2D eigenvalue weighted by molar-refractivity contribution is 6.37. The molecule has 2 aromatic carbocycles. The van der Waals surface area contributed by atoms with Crippen LogP contribution in [0.25, 0.3) is 5.57 Å². The van der Waals surface area contributed by atoms with Crippen LogP contribution in [0.2, 0.25) is 5.02 Å². The van der Waals surface area contributed by atoms with Crippen molar-refractivity contribution in [1.29, 1.82) is 0 Å². The quantitative estimate of drug-likeness (QED) is 0.528. The van der Waals surface area contributed by atoms with Crippen LogP contribution in [0.3, 0.4) is 0 Å². The lowest BCUT2D eigenvalue weighted by atomic mass is 10.0. The van der Waals surface area contributed by atoms with E-state index in [1.54, 1.807) is 12.1 Å². The molecule has 0 radical (unpaired) electrons. The maximum atomic E-state index is 13.3. The molecule has 28 heavy (non-hydrogen) atoms. The van der Waals surface area contributed by atoms with Gasteiger partial charge in [-0.15, -0.1) is 0 Å². The second-order valence-electron chi connectivity index (χ2n) is 7.23. The van der Waals surface area contributed by atoms with E-state index < -0.39 is 0 Å². The summed E-state index contributed by atoms with van der Waals surface area (Å²) in [5.74, 6) is -0.398. The highest BCUT2D eigenvalue weighted by Crippen LogP contribution is 2.38. The number of anilines is 1. The van der Waals surface area contributed by atoms with Gasteiger partial charge in [-0.05, 0) is 42.2 Å². The second-order valence-corrected chi connectivity index (χ2v) is 7.67. The number of hydrogen-bond donors (Lipinski definition) is 0. The molecule has 144 valence electrons. The van der Waals surface area contributed by atoms with Gasteiger partial charge in [0.1, 0.15) is 5.70 Å². The summed E-state index contributed by atoms with van der Waals surface area (Å²) < 4.78 is 0. The lowest BCUT2D eigenvalue weighted by Crippen LogP contribution is -2.35. The number of carbonyl (C=O) groups is 2. The molecule has 2 heterocycles. The van der Waals surface area contributed by atoms with Crippen LogP contribution in [-0.4, -0.2) is 29.8 Å². The minimum absolute atomic E-state index is 0.192. The first-order chi connectivity index (χ1) is 13.6. The summed E-state index contributed by atoms with van der Waals surface area (Å²) in [6, 6.07) is 15.2. The fraction of sp³-hybridized carbons (Fsp3) is 0.304. The van der Waals surface area contributed by atoms with Gasteiger partial charge in [-0.2, -0.15) is 0 Å². The fourth-order valence-electron chi connectivity index (χ4n) is 3.98. The van der Waals surface area contributed by atoms with E-state index in [-0.39, 0.29) is 11.8 Å². The van der Waals surface area contributed by atoms with Crippen LogP contribution in [0, 0.1) is 0 Å². The molecule has 0 bridgehead atoms. The molecule has 0 fully saturated rings. The van der Waals surface area contributed by atoms with Crippen LogP contribution < -0.4 is 4.90 Å². The van der Waals surface area contributed by atoms with Crippen LogP contribution in [0.15, 0.2) is 54.2 Å². The van der Waals surface area contributed by atoms with Gasteiger partial charge in [0.2, 0.25) is 0 Å². The molecule has 0 aromatic heterocycles. The van der Waals surface area contributed by atoms with Crippen LogP contribution in [0.5, 0.6) is 0 Å². The average molecular weight is 395 g/mol. The zero-order valence-electron chi connectivity index (χ0n) is 16.0. The molecule has 0 aliphatic carbocycles. The third-order valence-corrected chi connectivity index (χ3v) is 5.67. The number of amides is 2. The maximum Gasteiger partial charge on any atom is 0.278 e. The van der Waals surface area contributed by atoms with Gasteiger partial charge in [0.25, 0.3) is 11.8 Å². The van der Waals surface area contributed by atoms with E-state index in [0.29, 0.717) is 29.4 Å².